The number of piperazine rings is 1. The van der Waals surface area contributed by atoms with Crippen LogP contribution in [0.5, 0.6) is 0 Å². The molecule has 0 radical (unpaired) electrons. The van der Waals surface area contributed by atoms with Gasteiger partial charge in [0.15, 0.2) is 0 Å². The minimum absolute atomic E-state index is 0.286. The third-order valence-corrected chi connectivity index (χ3v) is 42.2. The lowest BCUT2D eigenvalue weighted by atomic mass is 9.46. The summed E-state index contributed by atoms with van der Waals surface area (Å²) < 4.78 is 17.7. The first-order valence-electron chi connectivity index (χ1n) is 50.7. The van der Waals surface area contributed by atoms with E-state index in [1.807, 2.05) is 0 Å². The van der Waals surface area contributed by atoms with Crippen molar-refractivity contribution < 1.29 is 14.2 Å². The summed E-state index contributed by atoms with van der Waals surface area (Å²) >= 11 is 0. The molecule has 0 aromatic rings. The molecule has 0 aromatic carbocycles. The molecule has 38 rings (SSSR count). The van der Waals surface area contributed by atoms with Crippen LogP contribution in [0.4, 0.5) is 0 Å². The minimum atomic E-state index is 0.286. The Kier molecular flexibility index (Phi) is 22.4. The Morgan fingerprint density at radius 2 is 0.590 bits per heavy atom. The average molecular weight is 1600 g/mol. The second kappa shape index (κ2) is 31.4. The summed E-state index contributed by atoms with van der Waals surface area (Å²) in [6, 6.07) is 1.69. The van der Waals surface area contributed by atoms with E-state index < -0.39 is 0 Å². The maximum atomic E-state index is 5.97. The maximum absolute atomic E-state index is 5.97. The molecule has 34 bridgehead atoms. The van der Waals surface area contributed by atoms with Crippen LogP contribution >= 0.6 is 0 Å². The highest BCUT2D eigenvalue weighted by atomic mass is 16.6. The predicted molar refractivity (Wildman–Crippen MR) is 485 cm³/mol. The molecule has 14 unspecified atom stereocenters. The van der Waals surface area contributed by atoms with Crippen molar-refractivity contribution in [3.63, 3.8) is 0 Å². The molecule has 16 aliphatic heterocycles. The van der Waals surface area contributed by atoms with Crippen molar-refractivity contribution in [1.82, 2.24) is 19.6 Å². The molecule has 0 aromatic heterocycles. The van der Waals surface area contributed by atoms with Crippen LogP contribution in [-0.4, -0.2) is 108 Å². The first kappa shape index (κ1) is 83.3. The third-order valence-electron chi connectivity index (χ3n) is 42.2. The maximum Gasteiger partial charge on any atom is 0.105 e. The molecular weight excluding hydrogens is 1430 g/mol. The lowest BCUT2D eigenvalue weighted by molar-refractivity contribution is -0.245. The van der Waals surface area contributed by atoms with E-state index in [2.05, 4.69) is 172 Å². The molecule has 7 heteroatoms. The molecule has 7 nitrogen and oxygen atoms in total. The summed E-state index contributed by atoms with van der Waals surface area (Å²) in [5.41, 5.74) is 32.1. The zero-order valence-electron chi connectivity index (χ0n) is 79.0. The number of nitrogens with zero attached hydrogens (tertiary/aromatic N) is 4. The van der Waals surface area contributed by atoms with Gasteiger partial charge < -0.3 is 33.8 Å². The van der Waals surface area contributed by atoms with Gasteiger partial charge in [-0.2, -0.15) is 0 Å². The second-order valence-corrected chi connectivity index (χ2v) is 49.0. The normalized spacial score (nSPS) is 48.2. The number of hydrogen-bond acceptors (Lipinski definition) is 7. The first-order chi connectivity index (χ1) is 55.6. The monoisotopic (exact) mass is 1600 g/mol. The van der Waals surface area contributed by atoms with Crippen LogP contribution in [-0.2, 0) is 14.2 Å². The fraction of sp³-hybridized carbons (Fsp3) is 0.836. The van der Waals surface area contributed by atoms with Crippen molar-refractivity contribution in [1.29, 1.82) is 0 Å². The van der Waals surface area contributed by atoms with Gasteiger partial charge in [0, 0.05) is 74.1 Å². The summed E-state index contributed by atoms with van der Waals surface area (Å²) in [6.07, 6.45) is 49.2. The van der Waals surface area contributed by atoms with Crippen molar-refractivity contribution in [2.45, 2.75) is 406 Å². The van der Waals surface area contributed by atoms with Crippen LogP contribution < -0.4 is 0 Å². The van der Waals surface area contributed by atoms with Gasteiger partial charge in [0.2, 0.25) is 0 Å². The molecule has 16 heterocycles. The number of fused-ring (bicyclic) bond motifs is 5. The van der Waals surface area contributed by atoms with E-state index in [9.17, 15) is 0 Å². The summed E-state index contributed by atoms with van der Waals surface area (Å²) in [5, 5.41) is 0. The molecule has 22 aliphatic carbocycles. The summed E-state index contributed by atoms with van der Waals surface area (Å²) in [7, 11) is 0. The van der Waals surface area contributed by atoms with Gasteiger partial charge >= 0.3 is 0 Å². The Bertz CT molecular complexity index is 3580. The minimum Gasteiger partial charge on any atom is -0.375 e. The highest BCUT2D eigenvalue weighted by molar-refractivity contribution is 5.35. The van der Waals surface area contributed by atoms with E-state index in [-0.39, 0.29) is 12.2 Å². The molecular formula is C110H170N4O3. The van der Waals surface area contributed by atoms with Crippen LogP contribution in [0.25, 0.3) is 0 Å². The van der Waals surface area contributed by atoms with Crippen molar-refractivity contribution in [3.05, 3.63) is 101 Å². The van der Waals surface area contributed by atoms with Gasteiger partial charge in [-0.1, -0.05) is 107 Å². The average Bonchev–Trinajstić information content (AvgIpc) is 1.57. The zero-order chi connectivity index (χ0) is 81.9. The Labute approximate surface area is 716 Å². The summed E-state index contributed by atoms with van der Waals surface area (Å²) in [6.45, 7) is 60.3. The van der Waals surface area contributed by atoms with E-state index in [4.69, 9.17) is 14.2 Å². The molecule has 14 atom stereocenters. The standard InChI is InChI=1S/C17H28.C14H22.C13H20.C12H18O.C12H18.C11H18N2.C11H16.C10H16N2.C10H14O2/c1-12-13(2)17(6)10-14(3)7-15(4,11-17)9-16(12,5)8-14;1-9-10(2)14-7-11-3-4-12(8-14)6-13(9)5-11;1-8-9(2)13-6-10-3-11(7-13)5-12(8)4-10;1-7-8(2)10-5-11-3-9(7)4-12(6-10)13-11;1-7-8(2)12-6-9-3-4-10(12)5-11(7)9;1-8-9(2)13-6-10-3-11(7-13)5-12(8)4-10;1-6-7(2)10-5-9-3-8(6)4-11(9)10;1-7-8(2)12-6-9-3-4-10(12)5-11(7)9;1-5-6(2)10-8-4-3-7(12-10)9(5)11-8/h7-11H2,1-6H3;11-14H,3-8H2,1-2H3;10-13H,3-7H2,1-2H3;9-12H,3-6H2,1-2H3;9-12H,3-6H2,1-2H3;10-11H,3-7H2,1-2H3;8-11H,3-5H2,1-2H3;9-10H,3-6H2,1-2H3;7-10H,3-4H2,1-2H3. The molecule has 38 aliphatic rings. The van der Waals surface area contributed by atoms with Gasteiger partial charge in [0.05, 0.1) is 24.4 Å². The molecule has 117 heavy (non-hydrogen) atoms. The van der Waals surface area contributed by atoms with E-state index >= 15 is 0 Å². The molecule has 0 N–H and O–H groups in total. The van der Waals surface area contributed by atoms with E-state index in [0.717, 1.165) is 130 Å². The summed E-state index contributed by atoms with van der Waals surface area (Å²) in [5.74, 6) is 20.3. The Balaban J connectivity index is 0.0000000878. The molecule has 0 spiro atoms. The number of piperidine rings is 4. The number of ether oxygens (including phenoxy) is 3. The third kappa shape index (κ3) is 15.1. The topological polar surface area (TPSA) is 40.7 Å². The van der Waals surface area contributed by atoms with Crippen LogP contribution in [0.15, 0.2) is 101 Å². The van der Waals surface area contributed by atoms with Crippen molar-refractivity contribution in [3.8, 4) is 0 Å². The fourth-order valence-corrected chi connectivity index (χ4v) is 35.5. The van der Waals surface area contributed by atoms with Gasteiger partial charge in [0.25, 0.3) is 0 Å². The van der Waals surface area contributed by atoms with Crippen molar-refractivity contribution in [2.75, 3.05) is 39.3 Å². The van der Waals surface area contributed by atoms with Gasteiger partial charge in [-0.25, -0.2) is 0 Å². The van der Waals surface area contributed by atoms with Crippen molar-refractivity contribution >= 4 is 0 Å². The molecule has 11 saturated carbocycles. The number of allylic oxidation sites excluding steroid dienone is 16. The second-order valence-electron chi connectivity index (χ2n) is 49.0. The van der Waals surface area contributed by atoms with E-state index in [1.165, 1.54) is 253 Å². The number of rotatable bonds is 0. The summed E-state index contributed by atoms with van der Waals surface area (Å²) in [4.78, 5) is 10.5. The van der Waals surface area contributed by atoms with Crippen LogP contribution in [0.3, 0.4) is 0 Å². The largest absolute Gasteiger partial charge is 0.375 e. The van der Waals surface area contributed by atoms with E-state index in [0.29, 0.717) is 46.1 Å². The lowest BCUT2D eigenvalue weighted by Gasteiger charge is -2.59. The highest BCUT2D eigenvalue weighted by Crippen LogP contribution is 2.72. The smallest absolute Gasteiger partial charge is 0.105 e. The Morgan fingerprint density at radius 1 is 0.256 bits per heavy atom. The SMILES string of the molecule is CC1=C(C)C2(C)CC3(C)CC(C)(CC1(C)C3)C2.CC1=C(C)C2CC3CC(CC1C3)C2.CC1=C(C)C2CC3CC1CC(C2)O3.CC1=C(C)C2CC3CC1CC32.CC1=C(C)C2CC3CCC(CC1C3)C2.CC1=C(C)C2CC3CCC2CC13.CC1=C(C)C2OC3CCC2OC13.CC1=C(C)N2CC3CC(CN1C3)C2.CC1=C(C)N2CC3CCC2CN13. The quantitative estimate of drug-likeness (QED) is 0.224. The zero-order valence-corrected chi connectivity index (χ0v) is 79.0. The highest BCUT2D eigenvalue weighted by Gasteiger charge is 2.61. The van der Waals surface area contributed by atoms with Crippen molar-refractivity contribution in [2.24, 2.45) is 140 Å². The number of hydrogen-bond donors (Lipinski definition) is 0. The predicted octanol–water partition coefficient (Wildman–Crippen LogP) is 27.1. The van der Waals surface area contributed by atoms with Gasteiger partial charge in [-0.3, -0.25) is 0 Å². The Morgan fingerprint density at radius 3 is 0.957 bits per heavy atom. The fourth-order valence-electron chi connectivity index (χ4n) is 35.5. The lowest BCUT2D eigenvalue weighted by Crippen LogP contribution is -2.65. The molecule has 10 saturated heterocycles. The Hall–Kier alpha value is -3.26. The van der Waals surface area contributed by atoms with Crippen LogP contribution in [0.1, 0.15) is 358 Å². The van der Waals surface area contributed by atoms with Gasteiger partial charge in [0.1, 0.15) is 12.2 Å². The first-order valence-corrected chi connectivity index (χ1v) is 50.7. The molecule has 0 amide bonds. The molecule has 21 fully saturated rings. The van der Waals surface area contributed by atoms with Gasteiger partial charge in [-0.05, 0) is 468 Å². The van der Waals surface area contributed by atoms with Gasteiger partial charge in [-0.15, -0.1) is 0 Å². The molecule has 648 valence electrons. The van der Waals surface area contributed by atoms with Crippen LogP contribution in [0.2, 0.25) is 0 Å². The van der Waals surface area contributed by atoms with Crippen LogP contribution in [0, 0.1) is 140 Å². The van der Waals surface area contributed by atoms with E-state index in [1.54, 1.807) is 92.6 Å².